The number of anilines is 1. The molecular weight excluding hydrogens is 267 g/mol. The van der Waals surface area contributed by atoms with Gasteiger partial charge in [0.25, 0.3) is 0 Å². The number of benzene rings is 1. The predicted octanol–water partition coefficient (Wildman–Crippen LogP) is 2.86. The highest BCUT2D eigenvalue weighted by Crippen LogP contribution is 2.36. The normalized spacial score (nSPS) is 10.7. The number of aromatic nitrogens is 3. The molecule has 0 aliphatic rings. The Morgan fingerprint density at radius 3 is 2.62 bits per heavy atom. The molecule has 4 nitrogen and oxygen atoms in total. The number of hydrogen-bond donors (Lipinski definition) is 1. The van der Waals surface area contributed by atoms with Crippen LogP contribution >= 0.6 is 35.0 Å². The Labute approximate surface area is 107 Å². The Balaban J connectivity index is 2.35. The number of aryl methyl sites for hydroxylation is 1. The van der Waals surface area contributed by atoms with Gasteiger partial charge in [-0.15, -0.1) is 0 Å². The molecule has 7 heteroatoms. The first-order valence-electron chi connectivity index (χ1n) is 4.34. The van der Waals surface area contributed by atoms with Crippen molar-refractivity contribution in [2.24, 2.45) is 7.05 Å². The van der Waals surface area contributed by atoms with Crippen LogP contribution in [0.2, 0.25) is 10.0 Å². The van der Waals surface area contributed by atoms with Crippen molar-refractivity contribution in [2.45, 2.75) is 10.1 Å². The Bertz CT molecular complexity index is 526. The van der Waals surface area contributed by atoms with Crippen LogP contribution in [0.15, 0.2) is 28.5 Å². The van der Waals surface area contributed by atoms with Crippen molar-refractivity contribution < 1.29 is 0 Å². The summed E-state index contributed by atoms with van der Waals surface area (Å²) in [6.07, 6.45) is 1.48. The molecule has 0 aliphatic carbocycles. The number of halogens is 2. The van der Waals surface area contributed by atoms with E-state index in [0.717, 1.165) is 10.1 Å². The lowest BCUT2D eigenvalue weighted by atomic mass is 10.3. The first-order chi connectivity index (χ1) is 7.58. The molecule has 0 amide bonds. The summed E-state index contributed by atoms with van der Waals surface area (Å²) in [7, 11) is 1.81. The largest absolute Gasteiger partial charge is 0.398 e. The van der Waals surface area contributed by atoms with E-state index in [0.29, 0.717) is 15.7 Å². The van der Waals surface area contributed by atoms with Crippen LogP contribution in [0, 0.1) is 0 Å². The first-order valence-corrected chi connectivity index (χ1v) is 5.91. The van der Waals surface area contributed by atoms with Crippen molar-refractivity contribution in [3.05, 3.63) is 28.5 Å². The molecule has 1 heterocycles. The molecule has 0 saturated heterocycles. The lowest BCUT2D eigenvalue weighted by molar-refractivity contribution is 0.685. The van der Waals surface area contributed by atoms with Crippen LogP contribution in [0.5, 0.6) is 0 Å². The molecule has 0 fully saturated rings. The third kappa shape index (κ3) is 2.26. The molecule has 0 unspecified atom stereocenters. The van der Waals surface area contributed by atoms with E-state index in [1.165, 1.54) is 18.1 Å². The first kappa shape index (κ1) is 11.6. The molecule has 84 valence electrons. The Morgan fingerprint density at radius 2 is 2.00 bits per heavy atom. The van der Waals surface area contributed by atoms with Crippen molar-refractivity contribution >= 4 is 40.7 Å². The molecular formula is C9H8Cl2N4S. The summed E-state index contributed by atoms with van der Waals surface area (Å²) in [5.74, 6) is 0. The molecule has 2 aromatic rings. The van der Waals surface area contributed by atoms with E-state index in [-0.39, 0.29) is 0 Å². The van der Waals surface area contributed by atoms with E-state index in [9.17, 15) is 0 Å². The summed E-state index contributed by atoms with van der Waals surface area (Å²) >= 11 is 13.2. The molecule has 2 N–H and O–H groups in total. The Hall–Kier alpha value is -0.910. The molecule has 0 radical (unpaired) electrons. The van der Waals surface area contributed by atoms with Crippen LogP contribution in [0.1, 0.15) is 0 Å². The zero-order valence-electron chi connectivity index (χ0n) is 8.32. The molecule has 16 heavy (non-hydrogen) atoms. The fourth-order valence-corrected chi connectivity index (χ4v) is 2.34. The van der Waals surface area contributed by atoms with Gasteiger partial charge < -0.3 is 5.73 Å². The molecule has 0 bridgehead atoms. The smallest absolute Gasteiger partial charge is 0.190 e. The summed E-state index contributed by atoms with van der Waals surface area (Å²) in [6.45, 7) is 0. The summed E-state index contributed by atoms with van der Waals surface area (Å²) in [6, 6.07) is 3.35. The van der Waals surface area contributed by atoms with Crippen molar-refractivity contribution in [1.29, 1.82) is 0 Å². The van der Waals surface area contributed by atoms with Crippen LogP contribution in [-0.4, -0.2) is 14.8 Å². The third-order valence-electron chi connectivity index (χ3n) is 1.92. The lowest BCUT2D eigenvalue weighted by Gasteiger charge is -2.06. The maximum Gasteiger partial charge on any atom is 0.190 e. The van der Waals surface area contributed by atoms with Gasteiger partial charge in [0.2, 0.25) is 0 Å². The molecule has 1 aromatic carbocycles. The number of rotatable bonds is 2. The summed E-state index contributed by atoms with van der Waals surface area (Å²) in [5.41, 5.74) is 6.41. The van der Waals surface area contributed by atoms with E-state index >= 15 is 0 Å². The van der Waals surface area contributed by atoms with Gasteiger partial charge in [-0.05, 0) is 23.9 Å². The van der Waals surface area contributed by atoms with Crippen molar-refractivity contribution in [2.75, 3.05) is 5.73 Å². The van der Waals surface area contributed by atoms with Crippen molar-refractivity contribution in [3.8, 4) is 0 Å². The fourth-order valence-electron chi connectivity index (χ4n) is 1.11. The van der Waals surface area contributed by atoms with E-state index in [1.54, 1.807) is 16.8 Å². The highest BCUT2D eigenvalue weighted by molar-refractivity contribution is 7.99. The zero-order valence-corrected chi connectivity index (χ0v) is 10.6. The van der Waals surface area contributed by atoms with Gasteiger partial charge in [0, 0.05) is 17.6 Å². The second kappa shape index (κ2) is 4.53. The minimum atomic E-state index is 0.446. The molecule has 0 aliphatic heterocycles. The van der Waals surface area contributed by atoms with Gasteiger partial charge in [0.15, 0.2) is 5.16 Å². The van der Waals surface area contributed by atoms with Gasteiger partial charge in [0.1, 0.15) is 6.33 Å². The monoisotopic (exact) mass is 274 g/mol. The minimum Gasteiger partial charge on any atom is -0.398 e. The van der Waals surface area contributed by atoms with Gasteiger partial charge >= 0.3 is 0 Å². The van der Waals surface area contributed by atoms with E-state index in [4.69, 9.17) is 28.9 Å². The second-order valence-corrected chi connectivity index (χ2v) is 4.90. The van der Waals surface area contributed by atoms with Gasteiger partial charge in [-0.3, -0.25) is 0 Å². The summed E-state index contributed by atoms with van der Waals surface area (Å²) < 4.78 is 1.66. The average Bonchev–Trinajstić information content (AvgIpc) is 2.61. The Morgan fingerprint density at radius 1 is 1.31 bits per heavy atom. The number of nitrogen functional groups attached to an aromatic ring is 1. The van der Waals surface area contributed by atoms with E-state index in [1.807, 2.05) is 7.05 Å². The Kier molecular flexibility index (Phi) is 3.28. The molecule has 2 rings (SSSR count). The lowest BCUT2D eigenvalue weighted by Crippen LogP contribution is -1.94. The van der Waals surface area contributed by atoms with Crippen LogP contribution in [0.3, 0.4) is 0 Å². The van der Waals surface area contributed by atoms with E-state index < -0.39 is 0 Å². The van der Waals surface area contributed by atoms with Crippen LogP contribution in [-0.2, 0) is 7.05 Å². The van der Waals surface area contributed by atoms with Crippen LogP contribution in [0.25, 0.3) is 0 Å². The molecule has 0 saturated carbocycles. The molecule has 0 atom stereocenters. The van der Waals surface area contributed by atoms with Gasteiger partial charge in [-0.25, -0.2) is 9.67 Å². The predicted molar refractivity (Wildman–Crippen MR) is 66.0 cm³/mol. The zero-order chi connectivity index (χ0) is 11.7. The van der Waals surface area contributed by atoms with Crippen LogP contribution in [0.4, 0.5) is 5.69 Å². The SMILES string of the molecule is Cn1ncnc1Sc1cc(Cl)c(Cl)cc1N. The maximum atomic E-state index is 5.92. The minimum absolute atomic E-state index is 0.446. The standard InChI is InChI=1S/C9H8Cl2N4S/c1-15-9(13-4-14-15)16-8-3-6(11)5(10)2-7(8)12/h2-4H,12H2,1H3. The number of hydrogen-bond acceptors (Lipinski definition) is 4. The van der Waals surface area contributed by atoms with Crippen LogP contribution < -0.4 is 5.73 Å². The third-order valence-corrected chi connectivity index (χ3v) is 3.77. The number of nitrogens with zero attached hydrogens (tertiary/aromatic N) is 3. The molecule has 1 aromatic heterocycles. The topological polar surface area (TPSA) is 56.7 Å². The fraction of sp³-hybridized carbons (Fsp3) is 0.111. The quantitative estimate of drug-likeness (QED) is 0.856. The second-order valence-electron chi connectivity index (χ2n) is 3.07. The molecule has 0 spiro atoms. The van der Waals surface area contributed by atoms with E-state index in [2.05, 4.69) is 10.1 Å². The van der Waals surface area contributed by atoms with Gasteiger partial charge in [-0.2, -0.15) is 5.10 Å². The summed E-state index contributed by atoms with van der Waals surface area (Å²) in [4.78, 5) is 4.90. The summed E-state index contributed by atoms with van der Waals surface area (Å²) in [5, 5.41) is 5.63. The van der Waals surface area contributed by atoms with Gasteiger partial charge in [0.05, 0.1) is 10.0 Å². The number of nitrogens with two attached hydrogens (primary N) is 1. The van der Waals surface area contributed by atoms with Crippen molar-refractivity contribution in [1.82, 2.24) is 14.8 Å². The highest BCUT2D eigenvalue weighted by Gasteiger charge is 2.09. The van der Waals surface area contributed by atoms with Gasteiger partial charge in [-0.1, -0.05) is 23.2 Å². The highest BCUT2D eigenvalue weighted by atomic mass is 35.5. The van der Waals surface area contributed by atoms with Crippen molar-refractivity contribution in [3.63, 3.8) is 0 Å². The maximum absolute atomic E-state index is 5.92. The average molecular weight is 275 g/mol.